The maximum Gasteiger partial charge on any atom is 0.252 e. The third kappa shape index (κ3) is 3.39. The summed E-state index contributed by atoms with van der Waals surface area (Å²) in [4.78, 5) is 19.7. The highest BCUT2D eigenvalue weighted by Gasteiger charge is 2.31. The van der Waals surface area contributed by atoms with E-state index >= 15 is 0 Å². The lowest BCUT2D eigenvalue weighted by Crippen LogP contribution is -2.49. The van der Waals surface area contributed by atoms with Crippen LogP contribution in [-0.2, 0) is 10.0 Å². The number of sulfonamides is 1. The molecule has 7 nitrogen and oxygen atoms in total. The van der Waals surface area contributed by atoms with E-state index in [2.05, 4.69) is 4.98 Å². The van der Waals surface area contributed by atoms with Gasteiger partial charge in [-0.25, -0.2) is 8.42 Å². The average molecular weight is 380 g/mol. The first-order chi connectivity index (χ1) is 11.8. The van der Waals surface area contributed by atoms with Gasteiger partial charge in [-0.2, -0.15) is 4.31 Å². The first-order valence-corrected chi connectivity index (χ1v) is 10.1. The van der Waals surface area contributed by atoms with Gasteiger partial charge in [0.2, 0.25) is 10.0 Å². The summed E-state index contributed by atoms with van der Waals surface area (Å²) in [5.74, 6) is -0.539. The van der Waals surface area contributed by atoms with Crippen LogP contribution < -0.4 is 10.6 Å². The highest BCUT2D eigenvalue weighted by atomic mass is 32.2. The van der Waals surface area contributed by atoms with E-state index in [1.54, 1.807) is 18.3 Å². The van der Waals surface area contributed by atoms with Crippen molar-refractivity contribution in [2.24, 2.45) is 5.73 Å². The predicted molar refractivity (Wildman–Crippen MR) is 97.5 cm³/mol. The second kappa shape index (κ2) is 6.74. The minimum Gasteiger partial charge on any atom is -0.368 e. The third-order valence-electron chi connectivity index (χ3n) is 4.26. The molecule has 134 valence electrons. The van der Waals surface area contributed by atoms with Gasteiger partial charge in [-0.05, 0) is 26.0 Å². The molecule has 9 heteroatoms. The number of aromatic nitrogens is 1. The molecule has 1 fully saturated rings. The standard InChI is InChI=1S/C16H20N4O3S2/c1-11-9-15(12(2)24-11)25(22,23)20-7-5-19(6-8-20)14-3-4-18-10-13(14)16(17)21/h3-4,9-10H,5-8H2,1-2H3,(H2,17,21). The summed E-state index contributed by atoms with van der Waals surface area (Å²) in [5.41, 5.74) is 6.45. The van der Waals surface area contributed by atoms with Crippen LogP contribution in [-0.4, -0.2) is 49.8 Å². The molecular weight excluding hydrogens is 360 g/mol. The molecule has 3 heterocycles. The number of anilines is 1. The number of nitrogens with zero attached hydrogens (tertiary/aromatic N) is 3. The number of hydrogen-bond donors (Lipinski definition) is 1. The van der Waals surface area contributed by atoms with Crippen LogP contribution >= 0.6 is 11.3 Å². The van der Waals surface area contributed by atoms with Crippen molar-refractivity contribution >= 4 is 33.0 Å². The highest BCUT2D eigenvalue weighted by Crippen LogP contribution is 2.29. The number of nitrogens with two attached hydrogens (primary N) is 1. The third-order valence-corrected chi connectivity index (χ3v) is 7.38. The van der Waals surface area contributed by atoms with E-state index < -0.39 is 15.9 Å². The number of carbonyl (C=O) groups is 1. The fourth-order valence-electron chi connectivity index (χ4n) is 3.02. The number of amides is 1. The number of hydrogen-bond acceptors (Lipinski definition) is 6. The molecule has 0 unspecified atom stereocenters. The summed E-state index contributed by atoms with van der Waals surface area (Å²) < 4.78 is 27.2. The largest absolute Gasteiger partial charge is 0.368 e. The Balaban J connectivity index is 1.79. The smallest absolute Gasteiger partial charge is 0.252 e. The first kappa shape index (κ1) is 17.8. The highest BCUT2D eigenvalue weighted by molar-refractivity contribution is 7.89. The lowest BCUT2D eigenvalue weighted by molar-refractivity contribution is 0.1000. The van der Waals surface area contributed by atoms with Gasteiger partial charge in [0.25, 0.3) is 5.91 Å². The van der Waals surface area contributed by atoms with Gasteiger partial charge < -0.3 is 10.6 Å². The van der Waals surface area contributed by atoms with Crippen molar-refractivity contribution in [3.63, 3.8) is 0 Å². The number of piperazine rings is 1. The summed E-state index contributed by atoms with van der Waals surface area (Å²) in [6.45, 7) is 5.44. The zero-order valence-electron chi connectivity index (χ0n) is 14.1. The molecular formula is C16H20N4O3S2. The number of aryl methyl sites for hydroxylation is 2. The summed E-state index contributed by atoms with van der Waals surface area (Å²) in [5, 5.41) is 0. The monoisotopic (exact) mass is 380 g/mol. The van der Waals surface area contributed by atoms with Gasteiger partial charge >= 0.3 is 0 Å². The molecule has 1 amide bonds. The Bertz CT molecular complexity index is 900. The van der Waals surface area contributed by atoms with Crippen molar-refractivity contribution in [1.82, 2.24) is 9.29 Å². The van der Waals surface area contributed by atoms with E-state index in [1.165, 1.54) is 21.8 Å². The van der Waals surface area contributed by atoms with Crippen LogP contribution in [0.5, 0.6) is 0 Å². The summed E-state index contributed by atoms with van der Waals surface area (Å²) in [6.07, 6.45) is 3.04. The molecule has 2 aromatic rings. The van der Waals surface area contributed by atoms with Crippen LogP contribution in [0.3, 0.4) is 0 Å². The number of pyridine rings is 1. The van der Waals surface area contributed by atoms with Crippen LogP contribution in [0.4, 0.5) is 5.69 Å². The molecule has 0 atom stereocenters. The second-order valence-corrected chi connectivity index (χ2v) is 9.29. The van der Waals surface area contributed by atoms with Crippen LogP contribution in [0.15, 0.2) is 29.4 Å². The van der Waals surface area contributed by atoms with E-state index in [-0.39, 0.29) is 0 Å². The Kier molecular flexibility index (Phi) is 4.81. The topological polar surface area (TPSA) is 96.6 Å². The molecule has 0 bridgehead atoms. The normalized spacial score (nSPS) is 16.2. The molecule has 25 heavy (non-hydrogen) atoms. The first-order valence-electron chi connectivity index (χ1n) is 7.86. The van der Waals surface area contributed by atoms with E-state index in [0.29, 0.717) is 42.3 Å². The van der Waals surface area contributed by atoms with Gasteiger partial charge in [-0.1, -0.05) is 0 Å². The molecule has 1 saturated heterocycles. The van der Waals surface area contributed by atoms with E-state index in [0.717, 1.165) is 9.75 Å². The zero-order chi connectivity index (χ0) is 18.2. The minimum absolute atomic E-state index is 0.350. The number of carbonyl (C=O) groups excluding carboxylic acids is 1. The summed E-state index contributed by atoms with van der Waals surface area (Å²) in [6, 6.07) is 3.46. The maximum absolute atomic E-state index is 12.9. The maximum atomic E-state index is 12.9. The zero-order valence-corrected chi connectivity index (χ0v) is 15.7. The van der Waals surface area contributed by atoms with Crippen molar-refractivity contribution in [2.45, 2.75) is 18.7 Å². The Labute approximate surface area is 151 Å². The molecule has 1 aliphatic rings. The quantitative estimate of drug-likeness (QED) is 0.864. The Morgan fingerprint density at radius 2 is 1.92 bits per heavy atom. The molecule has 0 spiro atoms. The van der Waals surface area contributed by atoms with E-state index in [1.807, 2.05) is 18.7 Å². The molecule has 1 aliphatic heterocycles. The Morgan fingerprint density at radius 1 is 1.24 bits per heavy atom. The van der Waals surface area contributed by atoms with Crippen molar-refractivity contribution in [3.05, 3.63) is 39.8 Å². The molecule has 0 aliphatic carbocycles. The van der Waals surface area contributed by atoms with Gasteiger partial charge in [0.05, 0.1) is 16.1 Å². The van der Waals surface area contributed by atoms with Crippen LogP contribution in [0.1, 0.15) is 20.1 Å². The molecule has 2 aromatic heterocycles. The molecule has 0 aromatic carbocycles. The van der Waals surface area contributed by atoms with Gasteiger partial charge in [-0.3, -0.25) is 9.78 Å². The van der Waals surface area contributed by atoms with Crippen molar-refractivity contribution in [3.8, 4) is 0 Å². The molecule has 0 radical (unpaired) electrons. The van der Waals surface area contributed by atoms with Crippen LogP contribution in [0, 0.1) is 13.8 Å². The van der Waals surface area contributed by atoms with Gasteiger partial charge in [0.15, 0.2) is 0 Å². The van der Waals surface area contributed by atoms with Gasteiger partial charge in [0.1, 0.15) is 0 Å². The fraction of sp³-hybridized carbons (Fsp3) is 0.375. The van der Waals surface area contributed by atoms with Crippen LogP contribution in [0.25, 0.3) is 0 Å². The van der Waals surface area contributed by atoms with Crippen molar-refractivity contribution in [2.75, 3.05) is 31.1 Å². The molecule has 0 saturated carbocycles. The van der Waals surface area contributed by atoms with Gasteiger partial charge in [-0.15, -0.1) is 11.3 Å². The number of rotatable bonds is 4. The lowest BCUT2D eigenvalue weighted by Gasteiger charge is -2.35. The Morgan fingerprint density at radius 3 is 2.48 bits per heavy atom. The fourth-order valence-corrected chi connectivity index (χ4v) is 5.97. The SMILES string of the molecule is Cc1cc(S(=O)(=O)N2CCN(c3ccncc3C(N)=O)CC2)c(C)s1. The van der Waals surface area contributed by atoms with Crippen molar-refractivity contribution < 1.29 is 13.2 Å². The number of thiophene rings is 1. The van der Waals surface area contributed by atoms with E-state index in [9.17, 15) is 13.2 Å². The average Bonchev–Trinajstić information content (AvgIpc) is 2.94. The van der Waals surface area contributed by atoms with Crippen LogP contribution in [0.2, 0.25) is 0 Å². The van der Waals surface area contributed by atoms with E-state index in [4.69, 9.17) is 5.73 Å². The minimum atomic E-state index is -3.49. The summed E-state index contributed by atoms with van der Waals surface area (Å²) in [7, 11) is -3.49. The lowest BCUT2D eigenvalue weighted by atomic mass is 10.2. The summed E-state index contributed by atoms with van der Waals surface area (Å²) >= 11 is 1.49. The predicted octanol–water partition coefficient (Wildman–Crippen LogP) is 1.37. The van der Waals surface area contributed by atoms with Crippen molar-refractivity contribution in [1.29, 1.82) is 0 Å². The second-order valence-electron chi connectivity index (χ2n) is 5.93. The number of primary amides is 1. The molecule has 3 rings (SSSR count). The van der Waals surface area contributed by atoms with Gasteiger partial charge in [0, 0.05) is 48.3 Å². The Hall–Kier alpha value is -1.97. The molecule has 2 N–H and O–H groups in total.